The number of fused-ring (bicyclic) bond motifs is 7. The molecule has 0 aromatic rings. The second-order valence-corrected chi connectivity index (χ2v) is 13.7. The van der Waals surface area contributed by atoms with Gasteiger partial charge in [0.15, 0.2) is 5.79 Å². The van der Waals surface area contributed by atoms with Crippen molar-refractivity contribution >= 4 is 0 Å². The van der Waals surface area contributed by atoms with Crippen molar-refractivity contribution < 1.29 is 14.6 Å². The van der Waals surface area contributed by atoms with Crippen molar-refractivity contribution in [3.63, 3.8) is 0 Å². The standard InChI is InChI=1S/C29H50O3/c1-18(8-7-9-19(2)30)21-12-13-22-20-10-11-24-26-25(31-27(3,4)32-26)15-17-29(24,6)23(20)14-16-28(21,22)5/h18-26,30H,7-17H2,1-6H3/t18-,19?,20+,21-,22+,23+,24+,25+,26-,28-,29-/m1/s1. The predicted octanol–water partition coefficient (Wildman–Crippen LogP) is 6.96. The van der Waals surface area contributed by atoms with Crippen molar-refractivity contribution in [2.24, 2.45) is 46.3 Å². The maximum atomic E-state index is 9.69. The van der Waals surface area contributed by atoms with Crippen LogP contribution in [0.25, 0.3) is 0 Å². The molecule has 3 nitrogen and oxygen atoms in total. The topological polar surface area (TPSA) is 38.7 Å². The van der Waals surface area contributed by atoms with Crippen LogP contribution in [0.15, 0.2) is 0 Å². The van der Waals surface area contributed by atoms with Crippen LogP contribution in [0, 0.1) is 46.3 Å². The van der Waals surface area contributed by atoms with Crippen LogP contribution in [0.4, 0.5) is 0 Å². The van der Waals surface area contributed by atoms with E-state index in [9.17, 15) is 5.11 Å². The summed E-state index contributed by atoms with van der Waals surface area (Å²) in [6, 6.07) is 0. The molecular formula is C29H50O3. The summed E-state index contributed by atoms with van der Waals surface area (Å²) in [5.41, 5.74) is 0.983. The van der Waals surface area contributed by atoms with E-state index in [1.165, 1.54) is 64.2 Å². The van der Waals surface area contributed by atoms with Gasteiger partial charge in [0.25, 0.3) is 0 Å². The molecule has 11 atom stereocenters. The molecule has 5 aliphatic rings. The SMILES string of the molecule is CC(O)CCC[C@@H](C)[C@H]1CC[C@H]2[C@@H]3CC[C@H]4[C@H]5OC(C)(C)O[C@H]5CC[C@]4(C)[C@H]3CC[C@]12C. The Kier molecular flexibility index (Phi) is 6.07. The number of aliphatic hydroxyl groups is 1. The lowest BCUT2D eigenvalue weighted by atomic mass is 9.44. The number of rotatable bonds is 5. The van der Waals surface area contributed by atoms with Gasteiger partial charge in [0, 0.05) is 0 Å². The van der Waals surface area contributed by atoms with E-state index < -0.39 is 5.79 Å². The molecular weight excluding hydrogens is 396 g/mol. The van der Waals surface area contributed by atoms with E-state index >= 15 is 0 Å². The average Bonchev–Trinajstić information content (AvgIpc) is 3.22. The first kappa shape index (κ1) is 23.6. The first-order valence-corrected chi connectivity index (χ1v) is 14.1. The largest absolute Gasteiger partial charge is 0.393 e. The molecule has 5 fully saturated rings. The van der Waals surface area contributed by atoms with Crippen molar-refractivity contribution in [1.82, 2.24) is 0 Å². The zero-order chi connectivity index (χ0) is 22.9. The molecule has 1 aliphatic heterocycles. The van der Waals surface area contributed by atoms with Crippen molar-refractivity contribution in [3.05, 3.63) is 0 Å². The van der Waals surface area contributed by atoms with Gasteiger partial charge < -0.3 is 14.6 Å². The van der Waals surface area contributed by atoms with Crippen molar-refractivity contribution in [3.8, 4) is 0 Å². The van der Waals surface area contributed by atoms with Crippen LogP contribution in [-0.2, 0) is 9.47 Å². The Balaban J connectivity index is 1.31. The fourth-order valence-corrected chi connectivity index (χ4v) is 10.2. The molecule has 0 amide bonds. The van der Waals surface area contributed by atoms with Gasteiger partial charge in [0.1, 0.15) is 0 Å². The Morgan fingerprint density at radius 1 is 0.781 bits per heavy atom. The lowest BCUT2D eigenvalue weighted by Crippen LogP contribution is -2.57. The van der Waals surface area contributed by atoms with E-state index in [4.69, 9.17) is 9.47 Å². The van der Waals surface area contributed by atoms with Gasteiger partial charge in [-0.15, -0.1) is 0 Å². The Morgan fingerprint density at radius 2 is 1.47 bits per heavy atom. The van der Waals surface area contributed by atoms with Crippen LogP contribution in [0.2, 0.25) is 0 Å². The Hall–Kier alpha value is -0.120. The van der Waals surface area contributed by atoms with E-state index in [2.05, 4.69) is 34.6 Å². The maximum absolute atomic E-state index is 9.69. The van der Waals surface area contributed by atoms with Gasteiger partial charge in [-0.05, 0) is 125 Å². The van der Waals surface area contributed by atoms with E-state index in [0.29, 0.717) is 29.0 Å². The smallest absolute Gasteiger partial charge is 0.163 e. The summed E-state index contributed by atoms with van der Waals surface area (Å²) in [5, 5.41) is 9.69. The van der Waals surface area contributed by atoms with E-state index in [1.54, 1.807) is 0 Å². The van der Waals surface area contributed by atoms with Crippen molar-refractivity contribution in [1.29, 1.82) is 0 Å². The molecule has 5 rings (SSSR count). The summed E-state index contributed by atoms with van der Waals surface area (Å²) in [5.74, 6) is 4.72. The zero-order valence-corrected chi connectivity index (χ0v) is 21.7. The second kappa shape index (κ2) is 8.23. The Labute approximate surface area is 197 Å². The minimum atomic E-state index is -0.398. The van der Waals surface area contributed by atoms with E-state index in [1.807, 2.05) is 6.92 Å². The van der Waals surface area contributed by atoms with Crippen LogP contribution in [0.3, 0.4) is 0 Å². The summed E-state index contributed by atoms with van der Waals surface area (Å²) in [6.07, 6.45) is 15.0. The third kappa shape index (κ3) is 3.72. The number of aliphatic hydroxyl groups excluding tert-OH is 1. The minimum Gasteiger partial charge on any atom is -0.393 e. The molecule has 0 aromatic heterocycles. The monoisotopic (exact) mass is 446 g/mol. The van der Waals surface area contributed by atoms with E-state index in [0.717, 1.165) is 36.0 Å². The number of hydrogen-bond donors (Lipinski definition) is 1. The van der Waals surface area contributed by atoms with E-state index in [-0.39, 0.29) is 6.10 Å². The van der Waals surface area contributed by atoms with Gasteiger partial charge in [-0.25, -0.2) is 0 Å². The predicted molar refractivity (Wildman–Crippen MR) is 129 cm³/mol. The van der Waals surface area contributed by atoms with Gasteiger partial charge in [-0.3, -0.25) is 0 Å². The molecule has 1 heterocycles. The third-order valence-electron chi connectivity index (χ3n) is 11.6. The van der Waals surface area contributed by atoms with Crippen molar-refractivity contribution in [2.75, 3.05) is 0 Å². The minimum absolute atomic E-state index is 0.143. The molecule has 1 N–H and O–H groups in total. The third-order valence-corrected chi connectivity index (χ3v) is 11.6. The highest BCUT2D eigenvalue weighted by atomic mass is 16.8. The fourth-order valence-electron chi connectivity index (χ4n) is 10.2. The van der Waals surface area contributed by atoms with Gasteiger partial charge in [0.05, 0.1) is 18.3 Å². The molecule has 32 heavy (non-hydrogen) atoms. The maximum Gasteiger partial charge on any atom is 0.163 e. The van der Waals surface area contributed by atoms with Crippen molar-refractivity contribution in [2.45, 2.75) is 136 Å². The molecule has 4 saturated carbocycles. The average molecular weight is 447 g/mol. The quantitative estimate of drug-likeness (QED) is 0.496. The van der Waals surface area contributed by atoms with Crippen LogP contribution in [0.5, 0.6) is 0 Å². The summed E-state index contributed by atoms with van der Waals surface area (Å²) in [7, 11) is 0. The van der Waals surface area contributed by atoms with Crippen LogP contribution < -0.4 is 0 Å². The van der Waals surface area contributed by atoms with Crippen LogP contribution >= 0.6 is 0 Å². The molecule has 0 spiro atoms. The molecule has 0 radical (unpaired) electrons. The fraction of sp³-hybridized carbons (Fsp3) is 1.00. The van der Waals surface area contributed by atoms with Crippen LogP contribution in [-0.4, -0.2) is 29.2 Å². The Bertz CT molecular complexity index is 688. The zero-order valence-electron chi connectivity index (χ0n) is 21.7. The highest BCUT2D eigenvalue weighted by Crippen LogP contribution is 2.69. The molecule has 184 valence electrons. The summed E-state index contributed by atoms with van der Waals surface area (Å²) >= 11 is 0. The first-order valence-electron chi connectivity index (χ1n) is 14.1. The van der Waals surface area contributed by atoms with Crippen LogP contribution in [0.1, 0.15) is 112 Å². The van der Waals surface area contributed by atoms with Gasteiger partial charge in [-0.2, -0.15) is 0 Å². The van der Waals surface area contributed by atoms with Gasteiger partial charge in [-0.1, -0.05) is 33.6 Å². The molecule has 1 unspecified atom stereocenters. The molecule has 0 aromatic carbocycles. The van der Waals surface area contributed by atoms with Gasteiger partial charge >= 0.3 is 0 Å². The normalized spacial score (nSPS) is 51.3. The lowest BCUT2D eigenvalue weighted by Gasteiger charge is -2.62. The second-order valence-electron chi connectivity index (χ2n) is 13.7. The number of hydrogen-bond acceptors (Lipinski definition) is 3. The lowest BCUT2D eigenvalue weighted by molar-refractivity contribution is -0.170. The number of ether oxygens (including phenoxy) is 2. The molecule has 1 saturated heterocycles. The molecule has 3 heteroatoms. The highest BCUT2D eigenvalue weighted by molar-refractivity contribution is 5.12. The summed E-state index contributed by atoms with van der Waals surface area (Å²) in [6.45, 7) is 14.0. The molecule has 0 bridgehead atoms. The molecule has 4 aliphatic carbocycles. The first-order chi connectivity index (χ1) is 15.1. The summed E-state index contributed by atoms with van der Waals surface area (Å²) in [4.78, 5) is 0. The Morgan fingerprint density at radius 3 is 2.22 bits per heavy atom. The summed E-state index contributed by atoms with van der Waals surface area (Å²) < 4.78 is 12.9. The van der Waals surface area contributed by atoms with Gasteiger partial charge in [0.2, 0.25) is 0 Å². The highest BCUT2D eigenvalue weighted by Gasteiger charge is 2.64.